The van der Waals surface area contributed by atoms with E-state index >= 15 is 0 Å². The van der Waals surface area contributed by atoms with Crippen LogP contribution >= 0.6 is 0 Å². The third kappa shape index (κ3) is 6.39. The van der Waals surface area contributed by atoms with E-state index in [1.165, 1.54) is 4.31 Å². The number of ether oxygens (including phenoxy) is 1. The fraction of sp³-hybridized carbons (Fsp3) is 0.0606. The van der Waals surface area contributed by atoms with Crippen molar-refractivity contribution in [3.05, 3.63) is 156 Å². The lowest BCUT2D eigenvalue weighted by Crippen LogP contribution is -2.32. The largest absolute Gasteiger partial charge is 0.489 e. The third-order valence-corrected chi connectivity index (χ3v) is 8.05. The number of benzene rings is 5. The van der Waals surface area contributed by atoms with Gasteiger partial charge in [0, 0.05) is 5.69 Å². The summed E-state index contributed by atoms with van der Waals surface area (Å²) in [5.74, 6) is 0.250. The summed E-state index contributed by atoms with van der Waals surface area (Å²) in [5.41, 5.74) is 2.94. The van der Waals surface area contributed by atoms with Crippen molar-refractivity contribution in [1.82, 2.24) is 0 Å². The molecule has 0 saturated heterocycles. The summed E-state index contributed by atoms with van der Waals surface area (Å²) in [5, 5.41) is 2.89. The van der Waals surface area contributed by atoms with Crippen LogP contribution in [-0.2, 0) is 23.2 Å². The topological polar surface area (TPSA) is 75.7 Å². The van der Waals surface area contributed by atoms with E-state index in [-0.39, 0.29) is 22.7 Å². The molecule has 1 N–H and O–H groups in total. The molecule has 7 heteroatoms. The zero-order chi connectivity index (χ0) is 27.8. The second-order valence-corrected chi connectivity index (χ2v) is 10.9. The minimum Gasteiger partial charge on any atom is -0.489 e. The molecule has 40 heavy (non-hydrogen) atoms. The van der Waals surface area contributed by atoms with Crippen LogP contribution in [-0.4, -0.2) is 14.3 Å². The van der Waals surface area contributed by atoms with E-state index < -0.39 is 15.9 Å². The van der Waals surface area contributed by atoms with E-state index in [0.717, 1.165) is 11.1 Å². The number of carbonyl (C=O) groups is 1. The Bertz CT molecular complexity index is 1660. The summed E-state index contributed by atoms with van der Waals surface area (Å²) < 4.78 is 34.8. The van der Waals surface area contributed by atoms with Gasteiger partial charge in [-0.25, -0.2) is 8.42 Å². The maximum atomic E-state index is 13.9. The van der Waals surface area contributed by atoms with Crippen LogP contribution in [0.5, 0.6) is 5.75 Å². The number of hydrogen-bond donors (Lipinski definition) is 1. The highest BCUT2D eigenvalue weighted by Gasteiger charge is 2.28. The van der Waals surface area contributed by atoms with Crippen LogP contribution in [0.15, 0.2) is 144 Å². The highest BCUT2D eigenvalue weighted by Crippen LogP contribution is 2.30. The van der Waals surface area contributed by atoms with Gasteiger partial charge in [0.25, 0.3) is 15.9 Å². The number of carbonyl (C=O) groups excluding carboxylic acids is 1. The predicted molar refractivity (Wildman–Crippen MR) is 158 cm³/mol. The standard InChI is InChI=1S/C33H28N2O4S/c36-33(34-28-20-22-29(23-21-28)39-25-27-14-6-2-7-15-27)31-18-10-11-19-32(31)35(24-26-12-4-1-5-13-26)40(37,38)30-16-8-3-9-17-30/h1-23H,24-25H2,(H,34,36). The van der Waals surface area contributed by atoms with Gasteiger partial charge in [-0.15, -0.1) is 0 Å². The average molecular weight is 549 g/mol. The van der Waals surface area contributed by atoms with Crippen molar-refractivity contribution in [2.45, 2.75) is 18.0 Å². The second-order valence-electron chi connectivity index (χ2n) is 9.08. The highest BCUT2D eigenvalue weighted by atomic mass is 32.2. The first-order chi connectivity index (χ1) is 19.5. The molecular weight excluding hydrogens is 520 g/mol. The van der Waals surface area contributed by atoms with Crippen LogP contribution in [0.25, 0.3) is 0 Å². The fourth-order valence-electron chi connectivity index (χ4n) is 4.23. The lowest BCUT2D eigenvalue weighted by Gasteiger charge is -2.26. The normalized spacial score (nSPS) is 11.0. The van der Waals surface area contributed by atoms with Crippen molar-refractivity contribution in [1.29, 1.82) is 0 Å². The van der Waals surface area contributed by atoms with Crippen LogP contribution in [0.4, 0.5) is 11.4 Å². The van der Waals surface area contributed by atoms with Gasteiger partial charge in [0.1, 0.15) is 12.4 Å². The van der Waals surface area contributed by atoms with Gasteiger partial charge in [0.2, 0.25) is 0 Å². The summed E-state index contributed by atoms with van der Waals surface area (Å²) in [6.45, 7) is 0.503. The molecule has 5 aromatic carbocycles. The number of amides is 1. The molecule has 0 fully saturated rings. The highest BCUT2D eigenvalue weighted by molar-refractivity contribution is 7.92. The fourth-order valence-corrected chi connectivity index (χ4v) is 5.72. The minimum absolute atomic E-state index is 0.0653. The Hall–Kier alpha value is -4.88. The van der Waals surface area contributed by atoms with Crippen LogP contribution in [0.3, 0.4) is 0 Å². The Balaban J connectivity index is 1.40. The van der Waals surface area contributed by atoms with Crippen LogP contribution in [0, 0.1) is 0 Å². The number of anilines is 2. The van der Waals surface area contributed by atoms with Crippen LogP contribution in [0.2, 0.25) is 0 Å². The smallest absolute Gasteiger partial charge is 0.264 e. The first-order valence-corrected chi connectivity index (χ1v) is 14.2. The molecule has 0 aliphatic heterocycles. The summed E-state index contributed by atoms with van der Waals surface area (Å²) in [7, 11) is -3.98. The van der Waals surface area contributed by atoms with Crippen molar-refractivity contribution in [3.8, 4) is 5.75 Å². The molecule has 0 aliphatic rings. The number of para-hydroxylation sites is 1. The van der Waals surface area contributed by atoms with E-state index in [0.29, 0.717) is 18.0 Å². The third-order valence-electron chi connectivity index (χ3n) is 6.28. The summed E-state index contributed by atoms with van der Waals surface area (Å²) in [4.78, 5) is 13.6. The molecule has 0 bridgehead atoms. The molecule has 200 valence electrons. The summed E-state index contributed by atoms with van der Waals surface area (Å²) >= 11 is 0. The van der Waals surface area contributed by atoms with E-state index in [4.69, 9.17) is 4.74 Å². The monoisotopic (exact) mass is 548 g/mol. The van der Waals surface area contributed by atoms with Gasteiger partial charge >= 0.3 is 0 Å². The van der Waals surface area contributed by atoms with Crippen molar-refractivity contribution in [2.75, 3.05) is 9.62 Å². The van der Waals surface area contributed by atoms with Gasteiger partial charge in [-0.1, -0.05) is 91.0 Å². The Morgan fingerprint density at radius 2 is 1.20 bits per heavy atom. The lowest BCUT2D eigenvalue weighted by atomic mass is 10.1. The molecule has 6 nitrogen and oxygen atoms in total. The summed E-state index contributed by atoms with van der Waals surface area (Å²) in [6.07, 6.45) is 0. The number of nitrogens with one attached hydrogen (secondary N) is 1. The lowest BCUT2D eigenvalue weighted by molar-refractivity contribution is 0.102. The van der Waals surface area contributed by atoms with Crippen LogP contribution in [0.1, 0.15) is 21.5 Å². The molecule has 0 aromatic heterocycles. The first-order valence-electron chi connectivity index (χ1n) is 12.8. The average Bonchev–Trinajstić information content (AvgIpc) is 3.01. The minimum atomic E-state index is -3.98. The van der Waals surface area contributed by atoms with Crippen molar-refractivity contribution in [3.63, 3.8) is 0 Å². The molecule has 5 rings (SSSR count). The van der Waals surface area contributed by atoms with Crippen molar-refractivity contribution >= 4 is 27.3 Å². The van der Waals surface area contributed by atoms with Gasteiger partial charge in [-0.05, 0) is 59.7 Å². The Morgan fingerprint density at radius 1 is 0.650 bits per heavy atom. The quantitative estimate of drug-likeness (QED) is 0.206. The van der Waals surface area contributed by atoms with E-state index in [1.807, 2.05) is 60.7 Å². The maximum Gasteiger partial charge on any atom is 0.264 e. The van der Waals surface area contributed by atoms with E-state index in [9.17, 15) is 13.2 Å². The SMILES string of the molecule is O=C(Nc1ccc(OCc2ccccc2)cc1)c1ccccc1N(Cc1ccccc1)S(=O)(=O)c1ccccc1. The van der Waals surface area contributed by atoms with Crippen LogP contribution < -0.4 is 14.4 Å². The zero-order valence-corrected chi connectivity index (χ0v) is 22.5. The molecule has 0 aliphatic carbocycles. The number of sulfonamides is 1. The van der Waals surface area contributed by atoms with Crippen molar-refractivity contribution < 1.29 is 17.9 Å². The van der Waals surface area contributed by atoms with Gasteiger partial charge < -0.3 is 10.1 Å². The van der Waals surface area contributed by atoms with Gasteiger partial charge in [0.05, 0.1) is 22.7 Å². The molecule has 0 atom stereocenters. The van der Waals surface area contributed by atoms with E-state index in [1.54, 1.807) is 78.9 Å². The molecule has 1 amide bonds. The van der Waals surface area contributed by atoms with E-state index in [2.05, 4.69) is 5.32 Å². The zero-order valence-electron chi connectivity index (χ0n) is 21.7. The summed E-state index contributed by atoms with van der Waals surface area (Å²) in [6, 6.07) is 41.2. The maximum absolute atomic E-state index is 13.9. The molecule has 0 heterocycles. The number of rotatable bonds is 10. The molecule has 0 radical (unpaired) electrons. The Labute approximate surface area is 234 Å². The molecule has 0 saturated carbocycles. The molecule has 5 aromatic rings. The van der Waals surface area contributed by atoms with Gasteiger partial charge in [-0.2, -0.15) is 0 Å². The van der Waals surface area contributed by atoms with Gasteiger partial charge in [0.15, 0.2) is 0 Å². The van der Waals surface area contributed by atoms with Gasteiger partial charge in [-0.3, -0.25) is 9.10 Å². The predicted octanol–water partition coefficient (Wildman–Crippen LogP) is 6.91. The molecule has 0 unspecified atom stereocenters. The molecule has 0 spiro atoms. The number of hydrogen-bond acceptors (Lipinski definition) is 4. The van der Waals surface area contributed by atoms with Crippen molar-refractivity contribution in [2.24, 2.45) is 0 Å². The second kappa shape index (κ2) is 12.3. The Morgan fingerprint density at radius 3 is 1.85 bits per heavy atom. The molecular formula is C33H28N2O4S. The Kier molecular flexibility index (Phi) is 8.23. The number of nitrogens with zero attached hydrogens (tertiary/aromatic N) is 1. The first kappa shape index (κ1) is 26.7.